The lowest BCUT2D eigenvalue weighted by atomic mass is 10.2. The number of carbonyl (C=O) groups excluding carboxylic acids is 2. The molecule has 2 amide bonds. The van der Waals surface area contributed by atoms with Crippen molar-refractivity contribution in [3.8, 4) is 0 Å². The van der Waals surface area contributed by atoms with Gasteiger partial charge in [0, 0.05) is 0 Å². The number of imide groups is 1. The second kappa shape index (κ2) is 5.49. The summed E-state index contributed by atoms with van der Waals surface area (Å²) in [6.07, 6.45) is 0.0639. The van der Waals surface area contributed by atoms with Crippen LogP contribution in [-0.2, 0) is 19.6 Å². The fraction of sp³-hybridized carbons (Fsp3) is 0.333. The number of hydrogen-bond acceptors (Lipinski definition) is 4. The minimum absolute atomic E-state index is 0.0639. The number of piperazine rings is 1. The Morgan fingerprint density at radius 2 is 1.86 bits per heavy atom. The smallest absolute Gasteiger partial charge is 0.250 e. The van der Waals surface area contributed by atoms with Crippen LogP contribution in [0.4, 0.5) is 8.78 Å². The summed E-state index contributed by atoms with van der Waals surface area (Å²) in [6, 6.07) is 1.42. The van der Waals surface area contributed by atoms with E-state index in [1.165, 1.54) is 6.92 Å². The van der Waals surface area contributed by atoms with Gasteiger partial charge in [0.1, 0.15) is 17.7 Å². The lowest BCUT2D eigenvalue weighted by molar-refractivity contribution is -0.137. The summed E-state index contributed by atoms with van der Waals surface area (Å²) >= 11 is 0. The SMILES string of the molecule is CCC1C(=O)NC(=O)CN1S(=O)(=O)c1c(F)cccc1F. The molecule has 1 aromatic rings. The molecule has 1 heterocycles. The molecule has 6 nitrogen and oxygen atoms in total. The Bertz CT molecular complexity index is 685. The highest BCUT2D eigenvalue weighted by Crippen LogP contribution is 2.26. The van der Waals surface area contributed by atoms with Gasteiger partial charge in [-0.3, -0.25) is 14.9 Å². The summed E-state index contributed by atoms with van der Waals surface area (Å²) in [5.41, 5.74) is 0. The van der Waals surface area contributed by atoms with Crippen LogP contribution in [0.5, 0.6) is 0 Å². The van der Waals surface area contributed by atoms with E-state index in [0.717, 1.165) is 18.2 Å². The summed E-state index contributed by atoms with van der Waals surface area (Å²) in [6.45, 7) is 0.862. The second-order valence-electron chi connectivity index (χ2n) is 4.44. The molecule has 2 rings (SSSR count). The lowest BCUT2D eigenvalue weighted by Crippen LogP contribution is -2.59. The van der Waals surface area contributed by atoms with Crippen LogP contribution in [0, 0.1) is 11.6 Å². The van der Waals surface area contributed by atoms with Gasteiger partial charge in [-0.2, -0.15) is 4.31 Å². The molecule has 1 fully saturated rings. The van der Waals surface area contributed by atoms with Crippen LogP contribution in [0.1, 0.15) is 13.3 Å². The van der Waals surface area contributed by atoms with Crippen molar-refractivity contribution in [2.24, 2.45) is 0 Å². The highest BCUT2D eigenvalue weighted by Gasteiger charge is 2.42. The van der Waals surface area contributed by atoms with Gasteiger partial charge in [0.15, 0.2) is 4.90 Å². The third-order valence-corrected chi connectivity index (χ3v) is 4.99. The van der Waals surface area contributed by atoms with Crippen molar-refractivity contribution < 1.29 is 26.8 Å². The summed E-state index contributed by atoms with van der Waals surface area (Å²) in [5, 5.41) is 1.99. The molecule has 0 aliphatic carbocycles. The molecule has 1 N–H and O–H groups in total. The number of benzene rings is 1. The quantitative estimate of drug-likeness (QED) is 0.817. The van der Waals surface area contributed by atoms with Gasteiger partial charge in [0.2, 0.25) is 21.8 Å². The predicted molar refractivity (Wildman–Crippen MR) is 67.5 cm³/mol. The Labute approximate surface area is 119 Å². The maximum Gasteiger partial charge on any atom is 0.250 e. The van der Waals surface area contributed by atoms with Crippen LogP contribution in [0.3, 0.4) is 0 Å². The van der Waals surface area contributed by atoms with E-state index in [-0.39, 0.29) is 6.42 Å². The van der Waals surface area contributed by atoms with E-state index in [1.54, 1.807) is 0 Å². The normalized spacial score (nSPS) is 20.4. The fourth-order valence-corrected chi connectivity index (χ4v) is 3.86. The number of sulfonamides is 1. The number of halogens is 2. The Morgan fingerprint density at radius 3 is 2.38 bits per heavy atom. The van der Waals surface area contributed by atoms with Crippen LogP contribution < -0.4 is 5.32 Å². The molecule has 1 saturated heterocycles. The first-order valence-corrected chi connectivity index (χ1v) is 7.52. The molecule has 9 heteroatoms. The third-order valence-electron chi connectivity index (χ3n) is 3.08. The molecule has 114 valence electrons. The van der Waals surface area contributed by atoms with E-state index in [0.29, 0.717) is 4.31 Å². The topological polar surface area (TPSA) is 83.6 Å². The highest BCUT2D eigenvalue weighted by molar-refractivity contribution is 7.89. The van der Waals surface area contributed by atoms with Gasteiger partial charge in [-0.25, -0.2) is 17.2 Å². The van der Waals surface area contributed by atoms with Gasteiger partial charge >= 0.3 is 0 Å². The summed E-state index contributed by atoms with van der Waals surface area (Å²) in [5.74, 6) is -4.20. The summed E-state index contributed by atoms with van der Waals surface area (Å²) in [7, 11) is -4.65. The molecule has 1 aliphatic heterocycles. The molecule has 0 aromatic heterocycles. The minimum atomic E-state index is -4.65. The van der Waals surface area contributed by atoms with Crippen molar-refractivity contribution in [1.29, 1.82) is 0 Å². The zero-order valence-corrected chi connectivity index (χ0v) is 11.8. The predicted octanol–water partition coefficient (Wildman–Crippen LogP) is 0.390. The monoisotopic (exact) mass is 318 g/mol. The standard InChI is InChI=1S/C12H12F2N2O4S/c1-2-9-12(18)15-10(17)6-16(9)21(19,20)11-7(13)4-3-5-8(11)14/h3-5,9H,2,6H2,1H3,(H,15,17,18). The van der Waals surface area contributed by atoms with Crippen molar-refractivity contribution in [3.63, 3.8) is 0 Å². The third kappa shape index (κ3) is 2.66. The molecule has 1 unspecified atom stereocenters. The number of nitrogens with one attached hydrogen (secondary N) is 1. The molecule has 0 bridgehead atoms. The first kappa shape index (κ1) is 15.5. The second-order valence-corrected chi connectivity index (χ2v) is 6.26. The first-order valence-electron chi connectivity index (χ1n) is 6.08. The van der Waals surface area contributed by atoms with Gasteiger partial charge in [0.25, 0.3) is 0 Å². The van der Waals surface area contributed by atoms with Crippen molar-refractivity contribution in [1.82, 2.24) is 9.62 Å². The number of rotatable bonds is 3. The molecular weight excluding hydrogens is 306 g/mol. The van der Waals surface area contributed by atoms with Gasteiger partial charge in [0.05, 0.1) is 6.54 Å². The number of amides is 2. The molecule has 1 atom stereocenters. The highest BCUT2D eigenvalue weighted by atomic mass is 32.2. The van der Waals surface area contributed by atoms with Crippen molar-refractivity contribution in [2.75, 3.05) is 6.54 Å². The van der Waals surface area contributed by atoms with Crippen LogP contribution in [0.25, 0.3) is 0 Å². The molecule has 0 spiro atoms. The van der Waals surface area contributed by atoms with E-state index in [1.807, 2.05) is 5.32 Å². The Hall–Kier alpha value is -1.87. The molecule has 0 saturated carbocycles. The molecule has 0 radical (unpaired) electrons. The molecule has 1 aromatic carbocycles. The molecule has 21 heavy (non-hydrogen) atoms. The number of hydrogen-bond donors (Lipinski definition) is 1. The molecular formula is C12H12F2N2O4S. The Kier molecular flexibility index (Phi) is 4.06. The zero-order valence-electron chi connectivity index (χ0n) is 11.0. The van der Waals surface area contributed by atoms with E-state index < -0.39 is 51.0 Å². The fourth-order valence-electron chi connectivity index (χ4n) is 2.13. The maximum absolute atomic E-state index is 13.7. The van der Waals surface area contributed by atoms with Crippen LogP contribution >= 0.6 is 0 Å². The largest absolute Gasteiger partial charge is 0.294 e. The molecule has 1 aliphatic rings. The Balaban J connectivity index is 2.56. The van der Waals surface area contributed by atoms with Crippen molar-refractivity contribution in [2.45, 2.75) is 24.3 Å². The van der Waals surface area contributed by atoms with Crippen LogP contribution in [0.2, 0.25) is 0 Å². The Morgan fingerprint density at radius 1 is 1.29 bits per heavy atom. The zero-order chi connectivity index (χ0) is 15.8. The van der Waals surface area contributed by atoms with Gasteiger partial charge in [-0.05, 0) is 18.6 Å². The van der Waals surface area contributed by atoms with Crippen molar-refractivity contribution in [3.05, 3.63) is 29.8 Å². The van der Waals surface area contributed by atoms with E-state index >= 15 is 0 Å². The van der Waals surface area contributed by atoms with Crippen molar-refractivity contribution >= 4 is 21.8 Å². The van der Waals surface area contributed by atoms with E-state index in [4.69, 9.17) is 0 Å². The van der Waals surface area contributed by atoms with Gasteiger partial charge < -0.3 is 0 Å². The van der Waals surface area contributed by atoms with Crippen LogP contribution in [0.15, 0.2) is 23.1 Å². The number of carbonyl (C=O) groups is 2. The minimum Gasteiger partial charge on any atom is -0.294 e. The van der Waals surface area contributed by atoms with Crippen LogP contribution in [-0.4, -0.2) is 37.1 Å². The first-order chi connectivity index (χ1) is 9.78. The average Bonchev–Trinajstić information content (AvgIpc) is 2.37. The summed E-state index contributed by atoms with van der Waals surface area (Å²) < 4.78 is 52.7. The van der Waals surface area contributed by atoms with E-state index in [9.17, 15) is 26.8 Å². The van der Waals surface area contributed by atoms with Gasteiger partial charge in [-0.15, -0.1) is 0 Å². The maximum atomic E-state index is 13.7. The lowest BCUT2D eigenvalue weighted by Gasteiger charge is -2.32. The van der Waals surface area contributed by atoms with Gasteiger partial charge in [-0.1, -0.05) is 13.0 Å². The van der Waals surface area contributed by atoms with E-state index in [2.05, 4.69) is 0 Å². The average molecular weight is 318 g/mol. The number of nitrogens with zero attached hydrogens (tertiary/aromatic N) is 1. The summed E-state index contributed by atoms with van der Waals surface area (Å²) in [4.78, 5) is 21.9.